The molecule has 1 atom stereocenters. The summed E-state index contributed by atoms with van der Waals surface area (Å²) in [5, 5.41) is 0. The second-order valence-corrected chi connectivity index (χ2v) is 8.10. The fourth-order valence-electron chi connectivity index (χ4n) is 3.33. The van der Waals surface area contributed by atoms with Crippen molar-refractivity contribution in [2.24, 2.45) is 5.92 Å². The maximum Gasteiger partial charge on any atom is 0.200 e. The molecular weight excluding hydrogens is 371 g/mol. The van der Waals surface area contributed by atoms with E-state index in [0.29, 0.717) is 23.8 Å². The summed E-state index contributed by atoms with van der Waals surface area (Å²) in [5.74, 6) is 0.257. The molecule has 0 aliphatic heterocycles. The Labute approximate surface area is 152 Å². The molecule has 4 heteroatoms. The van der Waals surface area contributed by atoms with E-state index in [9.17, 15) is 9.18 Å². The Hall–Kier alpha value is -1.16. The molecule has 2 rings (SSSR count). The Morgan fingerprint density at radius 1 is 1.38 bits per heavy atom. The van der Waals surface area contributed by atoms with Gasteiger partial charge in [0.25, 0.3) is 0 Å². The standard InChI is InChI=1S/C20H26BrFO2/c1-7-24-19-15(18(23)12(4)22)10-14-13(11(2)3)8-9-20(5,6)16(14)17(19)21/h8,10-12H,7,9H2,1-6H3. The van der Waals surface area contributed by atoms with Crippen LogP contribution in [0.4, 0.5) is 4.39 Å². The summed E-state index contributed by atoms with van der Waals surface area (Å²) in [7, 11) is 0. The van der Waals surface area contributed by atoms with Gasteiger partial charge in [-0.25, -0.2) is 4.39 Å². The third kappa shape index (κ3) is 3.30. The summed E-state index contributed by atoms with van der Waals surface area (Å²) in [6.07, 6.45) is 1.61. The predicted molar refractivity (Wildman–Crippen MR) is 101 cm³/mol. The Balaban J connectivity index is 2.83. The number of hydrogen-bond donors (Lipinski definition) is 0. The fourth-order valence-corrected chi connectivity index (χ4v) is 4.41. The minimum Gasteiger partial charge on any atom is -0.492 e. The van der Waals surface area contributed by atoms with Crippen LogP contribution in [0.3, 0.4) is 0 Å². The average molecular weight is 397 g/mol. The normalized spacial score (nSPS) is 17.3. The van der Waals surface area contributed by atoms with Crippen molar-refractivity contribution >= 4 is 27.3 Å². The van der Waals surface area contributed by atoms with Gasteiger partial charge in [0, 0.05) is 0 Å². The van der Waals surface area contributed by atoms with Crippen LogP contribution in [0.2, 0.25) is 0 Å². The molecule has 0 bridgehead atoms. The van der Waals surface area contributed by atoms with Gasteiger partial charge in [-0.2, -0.15) is 0 Å². The number of Topliss-reactive ketones (excluding diaryl/α,β-unsaturated/α-hetero) is 1. The van der Waals surface area contributed by atoms with Gasteiger partial charge in [-0.05, 0) is 70.3 Å². The molecular formula is C20H26BrFO2. The van der Waals surface area contributed by atoms with Gasteiger partial charge in [0.05, 0.1) is 16.6 Å². The van der Waals surface area contributed by atoms with Crippen LogP contribution in [0.25, 0.3) is 5.57 Å². The highest BCUT2D eigenvalue weighted by molar-refractivity contribution is 9.10. The largest absolute Gasteiger partial charge is 0.492 e. The number of ketones is 1. The zero-order valence-electron chi connectivity index (χ0n) is 15.3. The molecule has 132 valence electrons. The number of benzene rings is 1. The van der Waals surface area contributed by atoms with E-state index >= 15 is 0 Å². The molecule has 0 N–H and O–H groups in total. The molecule has 0 aromatic heterocycles. The van der Waals surface area contributed by atoms with E-state index in [-0.39, 0.29) is 5.41 Å². The molecule has 1 aliphatic carbocycles. The Kier molecular flexibility index (Phi) is 5.58. The van der Waals surface area contributed by atoms with Crippen LogP contribution in [0.15, 0.2) is 16.6 Å². The Bertz CT molecular complexity index is 687. The Morgan fingerprint density at radius 3 is 2.50 bits per heavy atom. The predicted octanol–water partition coefficient (Wildman–Crippen LogP) is 6.11. The average Bonchev–Trinajstić information content (AvgIpc) is 2.47. The van der Waals surface area contributed by atoms with E-state index in [0.717, 1.165) is 22.0 Å². The highest BCUT2D eigenvalue weighted by Gasteiger charge is 2.35. The SMILES string of the molecule is CCOc1c(C(=O)C(C)F)cc2c(c1Br)C(C)(C)CC=C2C(C)C. The van der Waals surface area contributed by atoms with E-state index in [4.69, 9.17) is 4.74 Å². The van der Waals surface area contributed by atoms with Crippen LogP contribution in [0, 0.1) is 5.92 Å². The molecule has 1 aromatic carbocycles. The lowest BCUT2D eigenvalue weighted by Crippen LogP contribution is -2.25. The van der Waals surface area contributed by atoms with Crippen molar-refractivity contribution in [3.63, 3.8) is 0 Å². The van der Waals surface area contributed by atoms with Crippen LogP contribution in [0.1, 0.15) is 69.4 Å². The number of rotatable bonds is 5. The first-order valence-corrected chi connectivity index (χ1v) is 9.29. The van der Waals surface area contributed by atoms with Crippen molar-refractivity contribution in [1.29, 1.82) is 0 Å². The molecule has 1 unspecified atom stereocenters. The number of carbonyl (C=O) groups excluding carboxylic acids is 1. The summed E-state index contributed by atoms with van der Waals surface area (Å²) in [4.78, 5) is 12.4. The number of hydrogen-bond acceptors (Lipinski definition) is 2. The number of carbonyl (C=O) groups is 1. The third-order valence-corrected chi connectivity index (χ3v) is 5.34. The van der Waals surface area contributed by atoms with Crippen LogP contribution < -0.4 is 4.74 Å². The van der Waals surface area contributed by atoms with Gasteiger partial charge in [-0.1, -0.05) is 33.8 Å². The maximum atomic E-state index is 13.7. The van der Waals surface area contributed by atoms with Crippen molar-refractivity contribution in [3.8, 4) is 5.75 Å². The molecule has 0 saturated carbocycles. The number of allylic oxidation sites excluding steroid dienone is 2. The van der Waals surface area contributed by atoms with Gasteiger partial charge in [0.2, 0.25) is 0 Å². The molecule has 24 heavy (non-hydrogen) atoms. The topological polar surface area (TPSA) is 26.3 Å². The number of alkyl halides is 1. The minimum absolute atomic E-state index is 0.0820. The zero-order chi connectivity index (χ0) is 18.2. The lowest BCUT2D eigenvalue weighted by atomic mass is 9.71. The number of fused-ring (bicyclic) bond motifs is 1. The molecule has 0 amide bonds. The molecule has 2 nitrogen and oxygen atoms in total. The third-order valence-electron chi connectivity index (χ3n) is 4.58. The van der Waals surface area contributed by atoms with E-state index in [1.807, 2.05) is 13.0 Å². The zero-order valence-corrected chi connectivity index (χ0v) is 16.9. The summed E-state index contributed by atoms with van der Waals surface area (Å²) in [5.41, 5.74) is 3.61. The van der Waals surface area contributed by atoms with Gasteiger partial charge in [-0.3, -0.25) is 4.79 Å². The van der Waals surface area contributed by atoms with Crippen LogP contribution >= 0.6 is 15.9 Å². The first-order valence-electron chi connectivity index (χ1n) is 8.50. The van der Waals surface area contributed by atoms with Gasteiger partial charge in [-0.15, -0.1) is 0 Å². The quantitative estimate of drug-likeness (QED) is 0.561. The van der Waals surface area contributed by atoms with E-state index in [2.05, 4.69) is 49.7 Å². The molecule has 0 radical (unpaired) electrons. The molecule has 0 saturated heterocycles. The minimum atomic E-state index is -1.56. The Morgan fingerprint density at radius 2 is 2.00 bits per heavy atom. The lowest BCUT2D eigenvalue weighted by molar-refractivity contribution is 0.0888. The summed E-state index contributed by atoms with van der Waals surface area (Å²) in [6.45, 7) is 12.2. The second-order valence-electron chi connectivity index (χ2n) is 7.31. The van der Waals surface area contributed by atoms with E-state index in [1.165, 1.54) is 12.5 Å². The van der Waals surface area contributed by atoms with Crippen molar-refractivity contribution in [2.75, 3.05) is 6.61 Å². The van der Waals surface area contributed by atoms with Crippen molar-refractivity contribution in [1.82, 2.24) is 0 Å². The lowest BCUT2D eigenvalue weighted by Gasteiger charge is -2.35. The van der Waals surface area contributed by atoms with Gasteiger partial charge < -0.3 is 4.74 Å². The highest BCUT2D eigenvalue weighted by atomic mass is 79.9. The van der Waals surface area contributed by atoms with Crippen LogP contribution in [-0.4, -0.2) is 18.6 Å². The van der Waals surface area contributed by atoms with Gasteiger partial charge in [0.15, 0.2) is 12.0 Å². The van der Waals surface area contributed by atoms with E-state index < -0.39 is 12.0 Å². The van der Waals surface area contributed by atoms with Gasteiger partial charge in [0.1, 0.15) is 5.75 Å². The highest BCUT2D eigenvalue weighted by Crippen LogP contribution is 2.49. The van der Waals surface area contributed by atoms with Crippen molar-refractivity contribution in [2.45, 2.75) is 59.5 Å². The van der Waals surface area contributed by atoms with E-state index in [1.54, 1.807) is 0 Å². The fraction of sp³-hybridized carbons (Fsp3) is 0.550. The number of ether oxygens (including phenoxy) is 1. The second kappa shape index (κ2) is 6.99. The summed E-state index contributed by atoms with van der Waals surface area (Å²) in [6, 6.07) is 1.83. The molecule has 0 heterocycles. The monoisotopic (exact) mass is 396 g/mol. The number of halogens is 2. The maximum absolute atomic E-state index is 13.7. The van der Waals surface area contributed by atoms with Crippen molar-refractivity contribution < 1.29 is 13.9 Å². The first-order chi connectivity index (χ1) is 11.1. The van der Waals surface area contributed by atoms with Crippen molar-refractivity contribution in [3.05, 3.63) is 33.3 Å². The van der Waals surface area contributed by atoms with Crippen LogP contribution in [-0.2, 0) is 5.41 Å². The first kappa shape index (κ1) is 19.2. The molecule has 0 spiro atoms. The summed E-state index contributed by atoms with van der Waals surface area (Å²) < 4.78 is 20.3. The molecule has 0 fully saturated rings. The molecule has 1 aromatic rings. The summed E-state index contributed by atoms with van der Waals surface area (Å²) >= 11 is 3.66. The molecule has 1 aliphatic rings. The van der Waals surface area contributed by atoms with Gasteiger partial charge >= 0.3 is 0 Å². The smallest absolute Gasteiger partial charge is 0.200 e. The van der Waals surface area contributed by atoms with Crippen LogP contribution in [0.5, 0.6) is 5.75 Å².